The van der Waals surface area contributed by atoms with Crippen LogP contribution >= 0.6 is 0 Å². The summed E-state index contributed by atoms with van der Waals surface area (Å²) in [5, 5.41) is 3.39. The van der Waals surface area contributed by atoms with E-state index in [2.05, 4.69) is 22.4 Å². The fourth-order valence-electron chi connectivity index (χ4n) is 2.71. The molecule has 1 aliphatic heterocycles. The number of hydrogen-bond donors (Lipinski definition) is 1. The lowest BCUT2D eigenvalue weighted by Gasteiger charge is -2.04. The highest BCUT2D eigenvalue weighted by Crippen LogP contribution is 2.36. The van der Waals surface area contributed by atoms with Gasteiger partial charge in [-0.3, -0.25) is 0 Å². The third-order valence-corrected chi connectivity index (χ3v) is 3.74. The van der Waals surface area contributed by atoms with Crippen molar-refractivity contribution in [2.45, 2.75) is 5.92 Å². The Labute approximate surface area is 116 Å². The Kier molecular flexibility index (Phi) is 2.42. The van der Waals surface area contributed by atoms with Gasteiger partial charge in [0.25, 0.3) is 0 Å². The number of benzene rings is 2. The zero-order chi connectivity index (χ0) is 13.5. The van der Waals surface area contributed by atoms with Crippen LogP contribution in [-0.2, 0) is 0 Å². The molecule has 0 radical (unpaired) electrons. The zero-order valence-electron chi connectivity index (χ0n) is 11.1. The Morgan fingerprint density at radius 3 is 3.05 bits per heavy atom. The highest BCUT2D eigenvalue weighted by Gasteiger charge is 2.27. The number of oxazole rings is 1. The number of methoxy groups -OCH3 is 1. The summed E-state index contributed by atoms with van der Waals surface area (Å²) in [6.07, 6.45) is 0. The number of aromatic nitrogens is 1. The number of anilines is 1. The number of rotatable bonds is 2. The molecular weight excluding hydrogens is 252 g/mol. The van der Waals surface area contributed by atoms with Gasteiger partial charge in [-0.1, -0.05) is 18.2 Å². The van der Waals surface area contributed by atoms with E-state index in [4.69, 9.17) is 9.15 Å². The molecule has 3 aromatic rings. The molecule has 0 spiro atoms. The first kappa shape index (κ1) is 11.3. The Bertz CT molecular complexity index is 779. The van der Waals surface area contributed by atoms with Gasteiger partial charge in [0, 0.05) is 18.3 Å². The van der Waals surface area contributed by atoms with E-state index in [-0.39, 0.29) is 5.92 Å². The van der Waals surface area contributed by atoms with Crippen LogP contribution in [0, 0.1) is 0 Å². The highest BCUT2D eigenvalue weighted by molar-refractivity contribution is 5.75. The quantitative estimate of drug-likeness (QED) is 0.772. The van der Waals surface area contributed by atoms with Crippen LogP contribution in [0.2, 0.25) is 0 Å². The smallest absolute Gasteiger partial charge is 0.204 e. The van der Waals surface area contributed by atoms with Crippen LogP contribution in [0.4, 0.5) is 5.69 Å². The molecule has 1 aromatic heterocycles. The predicted molar refractivity (Wildman–Crippen MR) is 77.3 cm³/mol. The number of nitrogens with one attached hydrogen (secondary N) is 1. The van der Waals surface area contributed by atoms with Gasteiger partial charge in [-0.15, -0.1) is 0 Å². The molecule has 2 heterocycles. The van der Waals surface area contributed by atoms with Crippen molar-refractivity contribution in [3.8, 4) is 5.75 Å². The van der Waals surface area contributed by atoms with Crippen LogP contribution in [0.5, 0.6) is 5.75 Å². The van der Waals surface area contributed by atoms with E-state index in [1.165, 1.54) is 5.56 Å². The molecule has 1 aliphatic rings. The van der Waals surface area contributed by atoms with E-state index < -0.39 is 0 Å². The van der Waals surface area contributed by atoms with Gasteiger partial charge < -0.3 is 14.5 Å². The second-order valence-corrected chi connectivity index (χ2v) is 4.91. The summed E-state index contributed by atoms with van der Waals surface area (Å²) < 4.78 is 11.1. The van der Waals surface area contributed by atoms with Gasteiger partial charge in [-0.25, -0.2) is 4.98 Å². The van der Waals surface area contributed by atoms with Gasteiger partial charge in [0.15, 0.2) is 5.58 Å². The van der Waals surface area contributed by atoms with E-state index in [9.17, 15) is 0 Å². The van der Waals surface area contributed by atoms with Crippen LogP contribution < -0.4 is 10.1 Å². The fraction of sp³-hybridized carbons (Fsp3) is 0.188. The lowest BCUT2D eigenvalue weighted by atomic mass is 10.0. The van der Waals surface area contributed by atoms with E-state index >= 15 is 0 Å². The average molecular weight is 266 g/mol. The molecule has 0 aliphatic carbocycles. The van der Waals surface area contributed by atoms with Gasteiger partial charge in [-0.05, 0) is 23.8 Å². The monoisotopic (exact) mass is 266 g/mol. The maximum absolute atomic E-state index is 5.90. The summed E-state index contributed by atoms with van der Waals surface area (Å²) in [5.41, 5.74) is 4.04. The molecule has 1 unspecified atom stereocenters. The lowest BCUT2D eigenvalue weighted by Crippen LogP contribution is -2.03. The Hall–Kier alpha value is -2.49. The minimum atomic E-state index is 0.171. The maximum Gasteiger partial charge on any atom is 0.204 e. The number of nitrogens with zero attached hydrogens (tertiary/aromatic N) is 1. The minimum Gasteiger partial charge on any atom is -0.497 e. The standard InChI is InChI=1S/C16H14N2O2/c1-19-10-6-7-15-14(8-10)18-16(20-15)12-9-17-13-5-3-2-4-11(12)13/h2-8,12,17H,9H2,1H3. The second-order valence-electron chi connectivity index (χ2n) is 4.91. The van der Waals surface area contributed by atoms with E-state index in [0.29, 0.717) is 0 Å². The fourth-order valence-corrected chi connectivity index (χ4v) is 2.71. The van der Waals surface area contributed by atoms with E-state index in [0.717, 1.165) is 35.0 Å². The van der Waals surface area contributed by atoms with Gasteiger partial charge in [0.1, 0.15) is 11.3 Å². The first-order valence-corrected chi connectivity index (χ1v) is 6.62. The van der Waals surface area contributed by atoms with Crippen molar-refractivity contribution in [1.82, 2.24) is 4.98 Å². The summed E-state index contributed by atoms with van der Waals surface area (Å²) in [5.74, 6) is 1.72. The molecule has 4 rings (SSSR count). The van der Waals surface area contributed by atoms with Gasteiger partial charge in [0.05, 0.1) is 13.0 Å². The van der Waals surface area contributed by atoms with Crippen molar-refractivity contribution in [3.05, 3.63) is 53.9 Å². The molecule has 2 aromatic carbocycles. The molecule has 0 fully saturated rings. The van der Waals surface area contributed by atoms with Gasteiger partial charge >= 0.3 is 0 Å². The lowest BCUT2D eigenvalue weighted by molar-refractivity contribution is 0.415. The third-order valence-electron chi connectivity index (χ3n) is 3.74. The first-order chi connectivity index (χ1) is 9.85. The molecule has 1 N–H and O–H groups in total. The van der Waals surface area contributed by atoms with Crippen molar-refractivity contribution >= 4 is 16.8 Å². The van der Waals surface area contributed by atoms with Gasteiger partial charge in [-0.2, -0.15) is 0 Å². The van der Waals surface area contributed by atoms with Crippen LogP contribution in [-0.4, -0.2) is 18.6 Å². The topological polar surface area (TPSA) is 47.3 Å². The molecule has 100 valence electrons. The van der Waals surface area contributed by atoms with E-state index in [1.807, 2.05) is 30.3 Å². The summed E-state index contributed by atoms with van der Waals surface area (Å²) >= 11 is 0. The van der Waals surface area contributed by atoms with Crippen LogP contribution in [0.3, 0.4) is 0 Å². The number of hydrogen-bond acceptors (Lipinski definition) is 4. The van der Waals surface area contributed by atoms with Crippen LogP contribution in [0.25, 0.3) is 11.1 Å². The molecule has 4 nitrogen and oxygen atoms in total. The Balaban J connectivity index is 1.80. The Morgan fingerprint density at radius 2 is 2.15 bits per heavy atom. The zero-order valence-corrected chi connectivity index (χ0v) is 11.1. The Morgan fingerprint density at radius 1 is 1.25 bits per heavy atom. The highest BCUT2D eigenvalue weighted by atomic mass is 16.5. The van der Waals surface area contributed by atoms with Crippen molar-refractivity contribution in [3.63, 3.8) is 0 Å². The number of ether oxygens (including phenoxy) is 1. The predicted octanol–water partition coefficient (Wildman–Crippen LogP) is 3.39. The van der Waals surface area contributed by atoms with Crippen LogP contribution in [0.1, 0.15) is 17.4 Å². The molecule has 0 saturated heterocycles. The molecule has 0 saturated carbocycles. The molecule has 4 heteroatoms. The van der Waals surface area contributed by atoms with Crippen molar-refractivity contribution in [1.29, 1.82) is 0 Å². The molecule has 1 atom stereocenters. The average Bonchev–Trinajstić information content (AvgIpc) is 3.09. The van der Waals surface area contributed by atoms with Crippen LogP contribution in [0.15, 0.2) is 46.9 Å². The summed E-state index contributed by atoms with van der Waals surface area (Å²) in [4.78, 5) is 4.62. The normalized spacial score (nSPS) is 16.9. The number of fused-ring (bicyclic) bond motifs is 2. The number of para-hydroxylation sites is 1. The van der Waals surface area contributed by atoms with Crippen molar-refractivity contribution < 1.29 is 9.15 Å². The third kappa shape index (κ3) is 1.65. The molecule has 20 heavy (non-hydrogen) atoms. The van der Waals surface area contributed by atoms with E-state index in [1.54, 1.807) is 7.11 Å². The second kappa shape index (κ2) is 4.27. The minimum absolute atomic E-state index is 0.171. The summed E-state index contributed by atoms with van der Waals surface area (Å²) in [6, 6.07) is 14.0. The largest absolute Gasteiger partial charge is 0.497 e. The molecular formula is C16H14N2O2. The summed E-state index contributed by atoms with van der Waals surface area (Å²) in [7, 11) is 1.65. The van der Waals surface area contributed by atoms with Crippen molar-refractivity contribution in [2.24, 2.45) is 0 Å². The first-order valence-electron chi connectivity index (χ1n) is 6.62. The molecule has 0 bridgehead atoms. The SMILES string of the molecule is COc1ccc2oc(C3CNc4ccccc43)nc2c1. The molecule has 0 amide bonds. The van der Waals surface area contributed by atoms with Crippen molar-refractivity contribution in [2.75, 3.05) is 19.0 Å². The van der Waals surface area contributed by atoms with Gasteiger partial charge in [0.2, 0.25) is 5.89 Å². The maximum atomic E-state index is 5.90. The summed E-state index contributed by atoms with van der Waals surface area (Å²) in [6.45, 7) is 0.823.